The topological polar surface area (TPSA) is 93.9 Å². The molecule has 0 spiro atoms. The molecule has 0 aromatic carbocycles. The molecule has 0 rings (SSSR count). The lowest BCUT2D eigenvalue weighted by Gasteiger charge is -2.23. The van der Waals surface area contributed by atoms with Gasteiger partial charge in [-0.2, -0.15) is 10.5 Å². The molecular formula is C11H16N4O. The van der Waals surface area contributed by atoms with Gasteiger partial charge in [-0.15, -0.1) is 6.58 Å². The maximum Gasteiger partial charge on any atom is 0.239 e. The van der Waals surface area contributed by atoms with Crippen LogP contribution in [0.1, 0.15) is 19.3 Å². The molecule has 1 unspecified atom stereocenters. The Balaban J connectivity index is 4.37. The van der Waals surface area contributed by atoms with E-state index in [0.29, 0.717) is 19.5 Å². The number of rotatable bonds is 7. The first-order chi connectivity index (χ1) is 7.67. The average molecular weight is 220 g/mol. The zero-order valence-corrected chi connectivity index (χ0v) is 9.22. The molecule has 5 heteroatoms. The Morgan fingerprint density at radius 2 is 1.88 bits per heavy atom. The Bertz CT molecular complexity index is 295. The van der Waals surface area contributed by atoms with Crippen molar-refractivity contribution in [1.29, 1.82) is 10.5 Å². The number of amides is 1. The molecule has 0 aliphatic heterocycles. The number of carbonyl (C=O) groups is 1. The highest BCUT2D eigenvalue weighted by molar-refractivity contribution is 5.81. The van der Waals surface area contributed by atoms with Crippen molar-refractivity contribution in [3.8, 4) is 12.1 Å². The van der Waals surface area contributed by atoms with Gasteiger partial charge in [-0.3, -0.25) is 4.79 Å². The molecule has 0 saturated carbocycles. The van der Waals surface area contributed by atoms with Gasteiger partial charge < -0.3 is 10.6 Å². The van der Waals surface area contributed by atoms with Crippen LogP contribution in [0.3, 0.4) is 0 Å². The summed E-state index contributed by atoms with van der Waals surface area (Å²) in [7, 11) is 0. The molecular weight excluding hydrogens is 204 g/mol. The van der Waals surface area contributed by atoms with E-state index in [1.165, 1.54) is 4.90 Å². The van der Waals surface area contributed by atoms with Crippen molar-refractivity contribution < 1.29 is 4.79 Å². The third-order valence-corrected chi connectivity index (χ3v) is 2.04. The average Bonchev–Trinajstić information content (AvgIpc) is 2.29. The monoisotopic (exact) mass is 220 g/mol. The summed E-state index contributed by atoms with van der Waals surface area (Å²) in [5.41, 5.74) is 5.64. The number of hydrogen-bond donors (Lipinski definition) is 1. The molecule has 0 radical (unpaired) electrons. The SMILES string of the molecule is C=CCC(N)C(=O)N(CCC#N)CCC#N. The summed E-state index contributed by atoms with van der Waals surface area (Å²) in [6, 6.07) is 3.30. The summed E-state index contributed by atoms with van der Waals surface area (Å²) >= 11 is 0. The molecule has 1 amide bonds. The van der Waals surface area contributed by atoms with Crippen LogP contribution in [-0.2, 0) is 4.79 Å². The number of hydrogen-bond acceptors (Lipinski definition) is 4. The Morgan fingerprint density at radius 1 is 1.38 bits per heavy atom. The second-order valence-electron chi connectivity index (χ2n) is 3.27. The summed E-state index contributed by atoms with van der Waals surface area (Å²) in [5, 5.41) is 16.9. The van der Waals surface area contributed by atoms with E-state index in [2.05, 4.69) is 6.58 Å². The van der Waals surface area contributed by atoms with Gasteiger partial charge in [-0.05, 0) is 6.42 Å². The number of carbonyl (C=O) groups excluding carboxylic acids is 1. The van der Waals surface area contributed by atoms with E-state index >= 15 is 0 Å². The summed E-state index contributed by atoms with van der Waals surface area (Å²) in [6.45, 7) is 4.15. The van der Waals surface area contributed by atoms with E-state index in [1.807, 2.05) is 12.1 Å². The minimum Gasteiger partial charge on any atom is -0.339 e. The lowest BCUT2D eigenvalue weighted by atomic mass is 10.2. The molecule has 0 bridgehead atoms. The predicted octanol–water partition coefficient (Wildman–Crippen LogP) is 0.546. The first-order valence-corrected chi connectivity index (χ1v) is 5.06. The van der Waals surface area contributed by atoms with Gasteiger partial charge in [0.25, 0.3) is 0 Å². The highest BCUT2D eigenvalue weighted by Gasteiger charge is 2.19. The summed E-state index contributed by atoms with van der Waals surface area (Å²) in [4.78, 5) is 13.2. The minimum absolute atomic E-state index is 0.231. The lowest BCUT2D eigenvalue weighted by molar-refractivity contribution is -0.132. The van der Waals surface area contributed by atoms with Gasteiger partial charge >= 0.3 is 0 Å². The Morgan fingerprint density at radius 3 is 2.25 bits per heavy atom. The van der Waals surface area contributed by atoms with Gasteiger partial charge in [0.1, 0.15) is 0 Å². The van der Waals surface area contributed by atoms with Crippen LogP contribution in [0, 0.1) is 22.7 Å². The Labute approximate surface area is 95.7 Å². The number of nitriles is 2. The molecule has 0 heterocycles. The van der Waals surface area contributed by atoms with Gasteiger partial charge in [0, 0.05) is 13.1 Å². The highest BCUT2D eigenvalue weighted by Crippen LogP contribution is 2.01. The fourth-order valence-corrected chi connectivity index (χ4v) is 1.22. The maximum absolute atomic E-state index is 11.8. The van der Waals surface area contributed by atoms with E-state index in [9.17, 15) is 4.79 Å². The molecule has 0 aromatic heterocycles. The van der Waals surface area contributed by atoms with E-state index in [0.717, 1.165) is 0 Å². The lowest BCUT2D eigenvalue weighted by Crippen LogP contribution is -2.44. The molecule has 86 valence electrons. The Kier molecular flexibility index (Phi) is 7.48. The minimum atomic E-state index is -0.630. The standard InChI is InChI=1S/C11H16N4O/c1-2-5-10(14)11(16)15(8-3-6-12)9-4-7-13/h2,10H,1,3-5,8-9,14H2. The molecule has 2 N–H and O–H groups in total. The Hall–Kier alpha value is -1.85. The van der Waals surface area contributed by atoms with Crippen LogP contribution in [0.2, 0.25) is 0 Å². The van der Waals surface area contributed by atoms with Crippen molar-refractivity contribution in [3.05, 3.63) is 12.7 Å². The molecule has 5 nitrogen and oxygen atoms in total. The molecule has 0 aliphatic rings. The zero-order chi connectivity index (χ0) is 12.4. The fraction of sp³-hybridized carbons (Fsp3) is 0.545. The predicted molar refractivity (Wildman–Crippen MR) is 59.8 cm³/mol. The van der Waals surface area contributed by atoms with Crippen molar-refractivity contribution >= 4 is 5.91 Å². The number of nitrogens with two attached hydrogens (primary N) is 1. The van der Waals surface area contributed by atoms with Crippen molar-refractivity contribution in [1.82, 2.24) is 4.90 Å². The second-order valence-corrected chi connectivity index (χ2v) is 3.27. The summed E-state index contributed by atoms with van der Waals surface area (Å²) in [6.07, 6.45) is 2.47. The molecule has 1 atom stereocenters. The zero-order valence-electron chi connectivity index (χ0n) is 9.22. The second kappa shape index (κ2) is 8.46. The van der Waals surface area contributed by atoms with Crippen molar-refractivity contribution in [3.63, 3.8) is 0 Å². The van der Waals surface area contributed by atoms with E-state index in [1.54, 1.807) is 6.08 Å². The first-order valence-electron chi connectivity index (χ1n) is 5.06. The van der Waals surface area contributed by atoms with Crippen molar-refractivity contribution in [2.45, 2.75) is 25.3 Å². The van der Waals surface area contributed by atoms with Crippen LogP contribution in [0.15, 0.2) is 12.7 Å². The van der Waals surface area contributed by atoms with Gasteiger partial charge in [0.2, 0.25) is 5.91 Å². The largest absolute Gasteiger partial charge is 0.339 e. The summed E-state index contributed by atoms with van der Waals surface area (Å²) < 4.78 is 0. The van der Waals surface area contributed by atoms with Crippen molar-refractivity contribution in [2.24, 2.45) is 5.73 Å². The van der Waals surface area contributed by atoms with Crippen LogP contribution in [0.4, 0.5) is 0 Å². The quantitative estimate of drug-likeness (QED) is 0.634. The van der Waals surface area contributed by atoms with Crippen LogP contribution in [-0.4, -0.2) is 29.9 Å². The third kappa shape index (κ3) is 5.14. The third-order valence-electron chi connectivity index (χ3n) is 2.04. The van der Waals surface area contributed by atoms with Crippen LogP contribution >= 0.6 is 0 Å². The molecule has 0 aromatic rings. The van der Waals surface area contributed by atoms with Crippen LogP contribution < -0.4 is 5.73 Å². The van der Waals surface area contributed by atoms with Gasteiger partial charge in [0.05, 0.1) is 31.0 Å². The first kappa shape index (κ1) is 14.2. The van der Waals surface area contributed by atoms with E-state index < -0.39 is 6.04 Å². The van der Waals surface area contributed by atoms with Crippen LogP contribution in [0.25, 0.3) is 0 Å². The number of nitrogens with zero attached hydrogens (tertiary/aromatic N) is 3. The van der Waals surface area contributed by atoms with E-state index in [-0.39, 0.29) is 18.7 Å². The smallest absolute Gasteiger partial charge is 0.239 e. The van der Waals surface area contributed by atoms with Gasteiger partial charge in [-0.1, -0.05) is 6.08 Å². The normalized spacial score (nSPS) is 10.9. The van der Waals surface area contributed by atoms with Gasteiger partial charge in [0.15, 0.2) is 0 Å². The molecule has 0 fully saturated rings. The molecule has 16 heavy (non-hydrogen) atoms. The van der Waals surface area contributed by atoms with Gasteiger partial charge in [-0.25, -0.2) is 0 Å². The fourth-order valence-electron chi connectivity index (χ4n) is 1.22. The highest BCUT2D eigenvalue weighted by atomic mass is 16.2. The molecule has 0 aliphatic carbocycles. The maximum atomic E-state index is 11.8. The van der Waals surface area contributed by atoms with Crippen LogP contribution in [0.5, 0.6) is 0 Å². The summed E-state index contributed by atoms with van der Waals surface area (Å²) in [5.74, 6) is -0.231. The van der Waals surface area contributed by atoms with E-state index in [4.69, 9.17) is 16.3 Å². The van der Waals surface area contributed by atoms with Crippen molar-refractivity contribution in [2.75, 3.05) is 13.1 Å². The molecule has 0 saturated heterocycles.